The Morgan fingerprint density at radius 3 is 2.67 bits per heavy atom. The van der Waals surface area contributed by atoms with E-state index >= 15 is 0 Å². The first-order chi connectivity index (χ1) is 5.68. The average molecular weight is 177 g/mol. The smallest absolute Gasteiger partial charge is 0.0844 e. The Balaban J connectivity index is 2.88. The molecule has 0 amide bonds. The van der Waals surface area contributed by atoms with Crippen molar-refractivity contribution in [3.63, 3.8) is 0 Å². The quantitative estimate of drug-likeness (QED) is 0.602. The third-order valence-corrected chi connectivity index (χ3v) is 3.31. The summed E-state index contributed by atoms with van der Waals surface area (Å²) in [5.74, 6) is 0. The standard InChI is InChI=1S/C10H11NS/c1-6-4-5-9-10(11-6)7(2)8(3)12-9/h4-5H,1-3H3. The van der Waals surface area contributed by atoms with Crippen molar-refractivity contribution in [2.24, 2.45) is 0 Å². The van der Waals surface area contributed by atoms with Gasteiger partial charge in [0.15, 0.2) is 0 Å². The summed E-state index contributed by atoms with van der Waals surface area (Å²) in [5.41, 5.74) is 3.61. The molecule has 0 fully saturated rings. The molecule has 0 saturated heterocycles. The molecule has 2 heterocycles. The molecular formula is C10H11NS. The van der Waals surface area contributed by atoms with Gasteiger partial charge < -0.3 is 0 Å². The summed E-state index contributed by atoms with van der Waals surface area (Å²) in [6, 6.07) is 4.22. The van der Waals surface area contributed by atoms with Gasteiger partial charge in [0.05, 0.1) is 10.2 Å². The van der Waals surface area contributed by atoms with Crippen LogP contribution in [0.1, 0.15) is 16.1 Å². The lowest BCUT2D eigenvalue weighted by Crippen LogP contribution is -1.80. The lowest BCUT2D eigenvalue weighted by molar-refractivity contribution is 1.25. The molecule has 0 unspecified atom stereocenters. The molecule has 2 aromatic heterocycles. The Morgan fingerprint density at radius 1 is 1.17 bits per heavy atom. The minimum Gasteiger partial charge on any atom is -0.252 e. The van der Waals surface area contributed by atoms with Gasteiger partial charge in [-0.3, -0.25) is 4.98 Å². The number of aromatic nitrogens is 1. The van der Waals surface area contributed by atoms with Crippen LogP contribution in [0.5, 0.6) is 0 Å². The van der Waals surface area contributed by atoms with Gasteiger partial charge in [0.1, 0.15) is 0 Å². The van der Waals surface area contributed by atoms with Crippen molar-refractivity contribution < 1.29 is 0 Å². The van der Waals surface area contributed by atoms with Crippen molar-refractivity contribution in [2.75, 3.05) is 0 Å². The Labute approximate surface area is 76.1 Å². The van der Waals surface area contributed by atoms with E-state index in [0.717, 1.165) is 5.69 Å². The second-order valence-electron chi connectivity index (χ2n) is 3.08. The summed E-state index contributed by atoms with van der Waals surface area (Å²) in [7, 11) is 0. The first-order valence-electron chi connectivity index (χ1n) is 4.02. The van der Waals surface area contributed by atoms with Gasteiger partial charge in [0, 0.05) is 10.6 Å². The summed E-state index contributed by atoms with van der Waals surface area (Å²) in [6.07, 6.45) is 0. The molecule has 0 aromatic carbocycles. The molecular weight excluding hydrogens is 166 g/mol. The zero-order valence-corrected chi connectivity index (χ0v) is 8.33. The van der Waals surface area contributed by atoms with E-state index in [1.54, 1.807) is 0 Å². The molecule has 62 valence electrons. The maximum absolute atomic E-state index is 4.51. The third-order valence-electron chi connectivity index (χ3n) is 2.14. The van der Waals surface area contributed by atoms with Crippen LogP contribution in [0.25, 0.3) is 10.2 Å². The zero-order chi connectivity index (χ0) is 8.72. The number of thiophene rings is 1. The van der Waals surface area contributed by atoms with Gasteiger partial charge in [0.2, 0.25) is 0 Å². The van der Waals surface area contributed by atoms with Crippen LogP contribution in [-0.4, -0.2) is 4.98 Å². The molecule has 0 aliphatic heterocycles. The van der Waals surface area contributed by atoms with Gasteiger partial charge in [-0.1, -0.05) is 0 Å². The van der Waals surface area contributed by atoms with Crippen molar-refractivity contribution in [1.29, 1.82) is 0 Å². The number of rotatable bonds is 0. The van der Waals surface area contributed by atoms with Gasteiger partial charge in [0.25, 0.3) is 0 Å². The number of aryl methyl sites for hydroxylation is 3. The highest BCUT2D eigenvalue weighted by molar-refractivity contribution is 7.19. The summed E-state index contributed by atoms with van der Waals surface area (Å²) in [6.45, 7) is 6.32. The third kappa shape index (κ3) is 1.03. The second kappa shape index (κ2) is 2.56. The molecule has 12 heavy (non-hydrogen) atoms. The van der Waals surface area contributed by atoms with E-state index in [1.165, 1.54) is 20.7 Å². The average Bonchev–Trinajstić information content (AvgIpc) is 2.31. The minimum absolute atomic E-state index is 1.10. The molecule has 2 aromatic rings. The van der Waals surface area contributed by atoms with E-state index < -0.39 is 0 Å². The van der Waals surface area contributed by atoms with Crippen molar-refractivity contribution in [2.45, 2.75) is 20.8 Å². The topological polar surface area (TPSA) is 12.9 Å². The maximum atomic E-state index is 4.51. The number of nitrogens with zero attached hydrogens (tertiary/aromatic N) is 1. The molecule has 1 nitrogen and oxygen atoms in total. The molecule has 2 heteroatoms. The summed E-state index contributed by atoms with van der Waals surface area (Å²) in [4.78, 5) is 5.88. The first-order valence-corrected chi connectivity index (χ1v) is 4.83. The summed E-state index contributed by atoms with van der Waals surface area (Å²) in [5, 5.41) is 0. The Hall–Kier alpha value is -0.890. The largest absolute Gasteiger partial charge is 0.252 e. The van der Waals surface area contributed by atoms with Crippen LogP contribution in [0, 0.1) is 20.8 Å². The highest BCUT2D eigenvalue weighted by atomic mass is 32.1. The lowest BCUT2D eigenvalue weighted by Gasteiger charge is -1.92. The molecule has 0 atom stereocenters. The van der Waals surface area contributed by atoms with Gasteiger partial charge >= 0.3 is 0 Å². The van der Waals surface area contributed by atoms with Gasteiger partial charge in [-0.2, -0.15) is 0 Å². The molecule has 0 bridgehead atoms. The molecule has 0 spiro atoms. The van der Waals surface area contributed by atoms with Crippen LogP contribution in [0.4, 0.5) is 0 Å². The predicted octanol–water partition coefficient (Wildman–Crippen LogP) is 3.22. The summed E-state index contributed by atoms with van der Waals surface area (Å²) >= 11 is 1.82. The van der Waals surface area contributed by atoms with Gasteiger partial charge in [-0.25, -0.2) is 0 Å². The SMILES string of the molecule is Cc1ccc2sc(C)c(C)c2n1. The van der Waals surface area contributed by atoms with E-state index in [0.29, 0.717) is 0 Å². The first kappa shape index (κ1) is 7.74. The lowest BCUT2D eigenvalue weighted by atomic mass is 10.2. The number of fused-ring (bicyclic) bond motifs is 1. The van der Waals surface area contributed by atoms with Gasteiger partial charge in [-0.15, -0.1) is 11.3 Å². The van der Waals surface area contributed by atoms with Crippen LogP contribution in [0.3, 0.4) is 0 Å². The maximum Gasteiger partial charge on any atom is 0.0844 e. The van der Waals surface area contributed by atoms with E-state index in [2.05, 4.69) is 31.0 Å². The monoisotopic (exact) mass is 177 g/mol. The van der Waals surface area contributed by atoms with E-state index in [-0.39, 0.29) is 0 Å². The fraction of sp³-hybridized carbons (Fsp3) is 0.300. The molecule has 0 aliphatic rings. The minimum atomic E-state index is 1.10. The molecule has 2 rings (SSSR count). The van der Waals surface area contributed by atoms with Crippen LogP contribution in [0.15, 0.2) is 12.1 Å². The van der Waals surface area contributed by atoms with E-state index in [1.807, 2.05) is 18.3 Å². The van der Waals surface area contributed by atoms with Crippen LogP contribution in [-0.2, 0) is 0 Å². The Kier molecular flexibility index (Phi) is 1.65. The fourth-order valence-corrected chi connectivity index (χ4v) is 2.31. The zero-order valence-electron chi connectivity index (χ0n) is 7.51. The van der Waals surface area contributed by atoms with Crippen molar-refractivity contribution >= 4 is 21.6 Å². The van der Waals surface area contributed by atoms with Crippen LogP contribution in [0.2, 0.25) is 0 Å². The number of hydrogen-bond donors (Lipinski definition) is 0. The molecule has 0 saturated carbocycles. The Bertz CT molecular complexity index is 429. The van der Waals surface area contributed by atoms with Crippen molar-refractivity contribution in [3.05, 3.63) is 28.3 Å². The highest BCUT2D eigenvalue weighted by Crippen LogP contribution is 2.28. The van der Waals surface area contributed by atoms with Crippen molar-refractivity contribution in [1.82, 2.24) is 4.98 Å². The van der Waals surface area contributed by atoms with E-state index in [4.69, 9.17) is 0 Å². The molecule has 0 radical (unpaired) electrons. The number of hydrogen-bond acceptors (Lipinski definition) is 2. The second-order valence-corrected chi connectivity index (χ2v) is 4.34. The number of pyridine rings is 1. The fourth-order valence-electron chi connectivity index (χ4n) is 1.30. The van der Waals surface area contributed by atoms with Crippen LogP contribution < -0.4 is 0 Å². The van der Waals surface area contributed by atoms with E-state index in [9.17, 15) is 0 Å². The summed E-state index contributed by atoms with van der Waals surface area (Å²) < 4.78 is 1.30. The van der Waals surface area contributed by atoms with Crippen LogP contribution >= 0.6 is 11.3 Å². The Morgan fingerprint density at radius 2 is 1.92 bits per heavy atom. The van der Waals surface area contributed by atoms with Crippen molar-refractivity contribution in [3.8, 4) is 0 Å². The van der Waals surface area contributed by atoms with Gasteiger partial charge in [-0.05, 0) is 38.5 Å². The highest BCUT2D eigenvalue weighted by Gasteiger charge is 2.04. The predicted molar refractivity (Wildman–Crippen MR) is 53.8 cm³/mol. The molecule has 0 aliphatic carbocycles. The normalized spacial score (nSPS) is 10.9. The molecule has 0 N–H and O–H groups in total.